The van der Waals surface area contributed by atoms with Crippen molar-refractivity contribution in [2.45, 2.75) is 57.3 Å². The quantitative estimate of drug-likeness (QED) is 0.356. The van der Waals surface area contributed by atoms with E-state index in [2.05, 4.69) is 28.4 Å². The summed E-state index contributed by atoms with van der Waals surface area (Å²) < 4.78 is 0. The first-order valence-electron chi connectivity index (χ1n) is 14.1. The third kappa shape index (κ3) is 6.09. The van der Waals surface area contributed by atoms with E-state index in [0.29, 0.717) is 29.3 Å². The van der Waals surface area contributed by atoms with Gasteiger partial charge in [0.2, 0.25) is 0 Å². The molecule has 1 aliphatic heterocycles. The molecule has 1 aliphatic carbocycles. The van der Waals surface area contributed by atoms with Crippen molar-refractivity contribution in [2.75, 3.05) is 26.2 Å². The summed E-state index contributed by atoms with van der Waals surface area (Å²) in [6.45, 7) is 3.87. The van der Waals surface area contributed by atoms with Gasteiger partial charge in [-0.15, -0.1) is 0 Å². The van der Waals surface area contributed by atoms with Crippen molar-refractivity contribution < 1.29 is 9.90 Å². The number of hydrogen-bond donors (Lipinski definition) is 2. The van der Waals surface area contributed by atoms with Gasteiger partial charge in [0.25, 0.3) is 5.91 Å². The van der Waals surface area contributed by atoms with Crippen molar-refractivity contribution in [1.82, 2.24) is 10.2 Å². The van der Waals surface area contributed by atoms with Crippen LogP contribution in [0.4, 0.5) is 0 Å². The van der Waals surface area contributed by atoms with Crippen LogP contribution >= 0.6 is 0 Å². The minimum absolute atomic E-state index is 0.0398. The van der Waals surface area contributed by atoms with Crippen LogP contribution in [-0.4, -0.2) is 42.1 Å². The first-order valence-corrected chi connectivity index (χ1v) is 14.1. The molecule has 0 aromatic heterocycles. The topological polar surface area (TPSA) is 76.4 Å². The molecule has 0 unspecified atom stereocenters. The molecule has 1 saturated heterocycles. The molecule has 0 atom stereocenters. The molecule has 196 valence electrons. The summed E-state index contributed by atoms with van der Waals surface area (Å²) in [5.74, 6) is 1.00. The van der Waals surface area contributed by atoms with Gasteiger partial charge in [0.15, 0.2) is 0 Å². The maximum Gasteiger partial charge on any atom is 0.251 e. The van der Waals surface area contributed by atoms with Crippen molar-refractivity contribution in [3.8, 4) is 22.9 Å². The number of nitrogens with zero attached hydrogens (tertiary/aromatic N) is 2. The van der Waals surface area contributed by atoms with Crippen molar-refractivity contribution >= 4 is 5.91 Å². The summed E-state index contributed by atoms with van der Waals surface area (Å²) in [6, 6.07) is 21.6. The van der Waals surface area contributed by atoms with Gasteiger partial charge in [-0.25, -0.2) is 0 Å². The van der Waals surface area contributed by atoms with E-state index in [-0.39, 0.29) is 5.91 Å². The molecule has 5 rings (SSSR count). The number of piperidine rings is 1. The Labute approximate surface area is 226 Å². The lowest BCUT2D eigenvalue weighted by Gasteiger charge is -2.33. The van der Waals surface area contributed by atoms with Crippen molar-refractivity contribution in [3.63, 3.8) is 0 Å². The fourth-order valence-electron chi connectivity index (χ4n) is 5.94. The van der Waals surface area contributed by atoms with E-state index in [0.717, 1.165) is 74.8 Å². The largest absolute Gasteiger partial charge is 0.507 e. The smallest absolute Gasteiger partial charge is 0.251 e. The van der Waals surface area contributed by atoms with Gasteiger partial charge < -0.3 is 15.3 Å². The molecule has 5 heteroatoms. The minimum atomic E-state index is -0.0398. The van der Waals surface area contributed by atoms with Gasteiger partial charge in [-0.1, -0.05) is 36.4 Å². The fourth-order valence-corrected chi connectivity index (χ4v) is 5.94. The minimum Gasteiger partial charge on any atom is -0.507 e. The van der Waals surface area contributed by atoms with Crippen molar-refractivity contribution in [1.29, 1.82) is 5.26 Å². The summed E-state index contributed by atoms with van der Waals surface area (Å²) in [5, 5.41) is 22.9. The van der Waals surface area contributed by atoms with E-state index in [1.54, 1.807) is 12.1 Å². The number of hydrogen-bond acceptors (Lipinski definition) is 4. The molecule has 1 fully saturated rings. The van der Waals surface area contributed by atoms with Crippen LogP contribution in [0.3, 0.4) is 0 Å². The second-order valence-electron chi connectivity index (χ2n) is 10.7. The van der Waals surface area contributed by atoms with Gasteiger partial charge in [0.05, 0.1) is 11.6 Å². The third-order valence-electron chi connectivity index (χ3n) is 8.24. The van der Waals surface area contributed by atoms with E-state index >= 15 is 0 Å². The Hall–Kier alpha value is -3.62. The summed E-state index contributed by atoms with van der Waals surface area (Å²) in [7, 11) is 0. The van der Waals surface area contributed by atoms with Crippen LogP contribution in [0.5, 0.6) is 5.75 Å². The number of carbonyl (C=O) groups is 1. The van der Waals surface area contributed by atoms with E-state index < -0.39 is 0 Å². The zero-order valence-corrected chi connectivity index (χ0v) is 22.1. The second kappa shape index (κ2) is 12.3. The third-order valence-corrected chi connectivity index (χ3v) is 8.24. The Morgan fingerprint density at radius 3 is 2.32 bits per heavy atom. The van der Waals surface area contributed by atoms with E-state index in [9.17, 15) is 9.90 Å². The molecule has 0 radical (unpaired) electrons. The molecule has 0 bridgehead atoms. The molecule has 2 aliphatic rings. The number of fused-ring (bicyclic) bond motifs is 1. The number of phenols is 1. The van der Waals surface area contributed by atoms with Crippen LogP contribution < -0.4 is 5.32 Å². The van der Waals surface area contributed by atoms with E-state index in [1.807, 2.05) is 36.4 Å². The predicted octanol–water partition coefficient (Wildman–Crippen LogP) is 6.20. The Balaban J connectivity index is 1.01. The maximum atomic E-state index is 12.6. The zero-order valence-electron chi connectivity index (χ0n) is 22.1. The summed E-state index contributed by atoms with van der Waals surface area (Å²) >= 11 is 0. The summed E-state index contributed by atoms with van der Waals surface area (Å²) in [5.41, 5.74) is 7.08. The lowest BCUT2D eigenvalue weighted by molar-refractivity contribution is 0.0952. The van der Waals surface area contributed by atoms with Gasteiger partial charge in [-0.3, -0.25) is 4.79 Å². The van der Waals surface area contributed by atoms with Gasteiger partial charge in [0, 0.05) is 12.1 Å². The van der Waals surface area contributed by atoms with Crippen LogP contribution in [0.25, 0.3) is 11.1 Å². The van der Waals surface area contributed by atoms with Gasteiger partial charge in [-0.05, 0) is 129 Å². The van der Waals surface area contributed by atoms with Crippen LogP contribution in [0.1, 0.15) is 77.1 Å². The molecule has 38 heavy (non-hydrogen) atoms. The van der Waals surface area contributed by atoms with E-state index in [1.165, 1.54) is 24.0 Å². The monoisotopic (exact) mass is 507 g/mol. The van der Waals surface area contributed by atoms with Crippen LogP contribution in [0, 0.1) is 11.3 Å². The first-order chi connectivity index (χ1) is 18.6. The normalized spacial score (nSPS) is 16.0. The Bertz CT molecular complexity index is 1280. The molecule has 2 N–H and O–H groups in total. The second-order valence-corrected chi connectivity index (χ2v) is 10.7. The molecule has 0 saturated carbocycles. The first kappa shape index (κ1) is 26.0. The van der Waals surface area contributed by atoms with Gasteiger partial charge >= 0.3 is 0 Å². The average molecular weight is 508 g/mol. The lowest BCUT2D eigenvalue weighted by Crippen LogP contribution is -2.34. The van der Waals surface area contributed by atoms with Gasteiger partial charge in [-0.2, -0.15) is 5.26 Å². The molecular weight excluding hydrogens is 470 g/mol. The number of nitriles is 1. The molecule has 3 aromatic rings. The number of benzene rings is 3. The van der Waals surface area contributed by atoms with Crippen LogP contribution in [0.2, 0.25) is 0 Å². The standard InChI is InChI=1S/C33H37N3O2/c34-23-24-7-9-25(10-8-24)26-11-13-29(14-12-26)33(38)35-19-3-4-20-36-21-17-28(18-22-36)31-16-15-27-5-1-2-6-30(27)32(31)37/h7-16,28,37H,1-6,17-22H2,(H,35,38). The number of phenolic OH excluding ortho intramolecular Hbond substituents is 1. The fraction of sp³-hybridized carbons (Fsp3) is 0.394. The number of nitrogens with one attached hydrogen (secondary N) is 1. The highest BCUT2D eigenvalue weighted by Crippen LogP contribution is 2.39. The lowest BCUT2D eigenvalue weighted by atomic mass is 9.83. The average Bonchev–Trinajstić information content (AvgIpc) is 2.98. The highest BCUT2D eigenvalue weighted by molar-refractivity contribution is 5.94. The number of unbranched alkanes of at least 4 members (excludes halogenated alkanes) is 1. The number of amides is 1. The molecule has 5 nitrogen and oxygen atoms in total. The highest BCUT2D eigenvalue weighted by atomic mass is 16.3. The number of rotatable bonds is 8. The Morgan fingerprint density at radius 1 is 0.921 bits per heavy atom. The maximum absolute atomic E-state index is 12.6. The molecule has 1 amide bonds. The predicted molar refractivity (Wildman–Crippen MR) is 151 cm³/mol. The van der Waals surface area contributed by atoms with Crippen molar-refractivity contribution in [3.05, 3.63) is 88.5 Å². The molecule has 1 heterocycles. The SMILES string of the molecule is N#Cc1ccc(-c2ccc(C(=O)NCCCCN3CCC(c4ccc5c(c4O)CCCC5)CC3)cc2)cc1. The Kier molecular flexibility index (Phi) is 8.41. The van der Waals surface area contributed by atoms with Gasteiger partial charge in [0.1, 0.15) is 5.75 Å². The van der Waals surface area contributed by atoms with E-state index in [4.69, 9.17) is 5.26 Å². The summed E-state index contributed by atoms with van der Waals surface area (Å²) in [6.07, 6.45) is 8.77. The van der Waals surface area contributed by atoms with Crippen molar-refractivity contribution in [2.24, 2.45) is 0 Å². The molecule has 3 aromatic carbocycles. The zero-order chi connectivity index (χ0) is 26.3. The summed E-state index contributed by atoms with van der Waals surface area (Å²) in [4.78, 5) is 15.1. The van der Waals surface area contributed by atoms with Crippen LogP contribution in [0.15, 0.2) is 60.7 Å². The highest BCUT2D eigenvalue weighted by Gasteiger charge is 2.25. The molecular formula is C33H37N3O2. The van der Waals surface area contributed by atoms with Crippen LogP contribution in [-0.2, 0) is 12.8 Å². The number of likely N-dealkylation sites (tertiary alicyclic amines) is 1. The number of aryl methyl sites for hydroxylation is 1. The number of carbonyl (C=O) groups excluding carboxylic acids is 1. The number of aromatic hydroxyl groups is 1. The Morgan fingerprint density at radius 2 is 1.61 bits per heavy atom. The molecule has 0 spiro atoms.